The highest BCUT2D eigenvalue weighted by atomic mass is 16.5. The van der Waals surface area contributed by atoms with E-state index in [2.05, 4.69) is 35.0 Å². The maximum Gasteiger partial charge on any atom is 0.216 e. The molecular weight excluding hydrogens is 254 g/mol. The summed E-state index contributed by atoms with van der Waals surface area (Å²) in [5, 5.41) is 9.53. The number of carbonyl (C=O) groups excluding carboxylic acids is 1. The van der Waals surface area contributed by atoms with E-state index in [1.165, 1.54) is 12.5 Å². The van der Waals surface area contributed by atoms with Crippen molar-refractivity contribution in [2.24, 2.45) is 0 Å². The zero-order valence-electron chi connectivity index (χ0n) is 12.2. The second-order valence-corrected chi connectivity index (χ2v) is 5.15. The standard InChI is InChI=1S/C15H23N3O2/c1-11(16-5-6-17-12(2)19)9-13-3-4-15-14(10-13)18-7-8-20-15/h3-4,10-11,16,18H,5-9H2,1-2H3,(H,17,19). The summed E-state index contributed by atoms with van der Waals surface area (Å²) in [6, 6.07) is 6.66. The van der Waals surface area contributed by atoms with Crippen molar-refractivity contribution < 1.29 is 9.53 Å². The Hall–Kier alpha value is -1.75. The first kappa shape index (κ1) is 14.7. The lowest BCUT2D eigenvalue weighted by Gasteiger charge is -2.20. The zero-order chi connectivity index (χ0) is 14.4. The Bertz CT molecular complexity index is 462. The number of nitrogens with one attached hydrogen (secondary N) is 3. The maximum atomic E-state index is 10.8. The largest absolute Gasteiger partial charge is 0.490 e. The molecule has 1 aliphatic rings. The molecule has 3 N–H and O–H groups in total. The van der Waals surface area contributed by atoms with E-state index in [9.17, 15) is 4.79 Å². The molecule has 0 bridgehead atoms. The summed E-state index contributed by atoms with van der Waals surface area (Å²) in [7, 11) is 0. The third-order valence-corrected chi connectivity index (χ3v) is 3.25. The van der Waals surface area contributed by atoms with Crippen LogP contribution in [0.1, 0.15) is 19.4 Å². The van der Waals surface area contributed by atoms with Gasteiger partial charge in [-0.1, -0.05) is 6.07 Å². The lowest BCUT2D eigenvalue weighted by atomic mass is 10.1. The van der Waals surface area contributed by atoms with Crippen LogP contribution in [0.5, 0.6) is 5.75 Å². The summed E-state index contributed by atoms with van der Waals surface area (Å²) in [5.41, 5.74) is 2.36. The molecule has 110 valence electrons. The number of fused-ring (bicyclic) bond motifs is 1. The minimum absolute atomic E-state index is 0.0141. The fourth-order valence-corrected chi connectivity index (χ4v) is 2.30. The third-order valence-electron chi connectivity index (χ3n) is 3.25. The van der Waals surface area contributed by atoms with Gasteiger partial charge in [0.15, 0.2) is 0 Å². The van der Waals surface area contributed by atoms with Crippen LogP contribution in [-0.2, 0) is 11.2 Å². The Morgan fingerprint density at radius 2 is 2.30 bits per heavy atom. The third kappa shape index (κ3) is 4.42. The first-order valence-electron chi connectivity index (χ1n) is 7.12. The Balaban J connectivity index is 1.79. The molecule has 1 unspecified atom stereocenters. The molecule has 1 aromatic rings. The summed E-state index contributed by atoms with van der Waals surface area (Å²) < 4.78 is 5.57. The van der Waals surface area contributed by atoms with Gasteiger partial charge < -0.3 is 20.7 Å². The summed E-state index contributed by atoms with van der Waals surface area (Å²) in [6.45, 7) is 6.73. The Labute approximate surface area is 120 Å². The van der Waals surface area contributed by atoms with Crippen LogP contribution in [0.4, 0.5) is 5.69 Å². The van der Waals surface area contributed by atoms with Crippen molar-refractivity contribution in [1.82, 2.24) is 10.6 Å². The van der Waals surface area contributed by atoms with E-state index in [0.29, 0.717) is 12.6 Å². The summed E-state index contributed by atoms with van der Waals surface area (Å²) in [6.07, 6.45) is 0.953. The molecule has 1 atom stereocenters. The molecule has 0 aliphatic carbocycles. The summed E-state index contributed by atoms with van der Waals surface area (Å²) in [5.74, 6) is 0.950. The number of benzene rings is 1. The minimum atomic E-state index is 0.0141. The number of carbonyl (C=O) groups is 1. The highest BCUT2D eigenvalue weighted by Crippen LogP contribution is 2.28. The van der Waals surface area contributed by atoms with Gasteiger partial charge in [-0.05, 0) is 31.0 Å². The van der Waals surface area contributed by atoms with Crippen LogP contribution in [-0.4, -0.2) is 38.2 Å². The van der Waals surface area contributed by atoms with Crippen molar-refractivity contribution in [1.29, 1.82) is 0 Å². The van der Waals surface area contributed by atoms with Crippen LogP contribution in [0, 0.1) is 0 Å². The van der Waals surface area contributed by atoms with E-state index >= 15 is 0 Å². The predicted octanol–water partition coefficient (Wildman–Crippen LogP) is 1.15. The van der Waals surface area contributed by atoms with Gasteiger partial charge in [-0.3, -0.25) is 4.79 Å². The smallest absolute Gasteiger partial charge is 0.216 e. The second-order valence-electron chi connectivity index (χ2n) is 5.15. The number of amides is 1. The van der Waals surface area contributed by atoms with Crippen LogP contribution >= 0.6 is 0 Å². The molecule has 0 aromatic heterocycles. The van der Waals surface area contributed by atoms with Crippen molar-refractivity contribution in [3.63, 3.8) is 0 Å². The van der Waals surface area contributed by atoms with E-state index in [-0.39, 0.29) is 5.91 Å². The van der Waals surface area contributed by atoms with E-state index in [1.54, 1.807) is 0 Å². The fraction of sp³-hybridized carbons (Fsp3) is 0.533. The number of hydrogen-bond acceptors (Lipinski definition) is 4. The molecule has 1 aromatic carbocycles. The summed E-state index contributed by atoms with van der Waals surface area (Å²) >= 11 is 0. The molecule has 5 heteroatoms. The quantitative estimate of drug-likeness (QED) is 0.683. The Morgan fingerprint density at radius 3 is 3.10 bits per heavy atom. The van der Waals surface area contributed by atoms with E-state index in [4.69, 9.17) is 4.74 Å². The number of ether oxygens (including phenoxy) is 1. The monoisotopic (exact) mass is 277 g/mol. The minimum Gasteiger partial charge on any atom is -0.490 e. The number of rotatable bonds is 6. The van der Waals surface area contributed by atoms with Crippen molar-refractivity contribution in [2.45, 2.75) is 26.3 Å². The fourth-order valence-electron chi connectivity index (χ4n) is 2.30. The molecule has 1 amide bonds. The van der Waals surface area contributed by atoms with Gasteiger partial charge in [0.1, 0.15) is 12.4 Å². The lowest BCUT2D eigenvalue weighted by molar-refractivity contribution is -0.118. The number of hydrogen-bond donors (Lipinski definition) is 3. The van der Waals surface area contributed by atoms with Crippen LogP contribution in [0.15, 0.2) is 18.2 Å². The predicted molar refractivity (Wildman–Crippen MR) is 80.3 cm³/mol. The summed E-state index contributed by atoms with van der Waals surface area (Å²) in [4.78, 5) is 10.8. The van der Waals surface area contributed by atoms with Gasteiger partial charge in [0.2, 0.25) is 5.91 Å². The van der Waals surface area contributed by atoms with E-state index in [1.807, 2.05) is 6.07 Å². The first-order chi connectivity index (χ1) is 9.65. The van der Waals surface area contributed by atoms with E-state index < -0.39 is 0 Å². The van der Waals surface area contributed by atoms with E-state index in [0.717, 1.165) is 37.6 Å². The highest BCUT2D eigenvalue weighted by Gasteiger charge is 2.11. The van der Waals surface area contributed by atoms with Gasteiger partial charge in [-0.15, -0.1) is 0 Å². The average molecular weight is 277 g/mol. The van der Waals surface area contributed by atoms with Crippen LogP contribution in [0.3, 0.4) is 0 Å². The number of anilines is 1. The first-order valence-corrected chi connectivity index (χ1v) is 7.12. The van der Waals surface area contributed by atoms with Gasteiger partial charge in [0, 0.05) is 32.6 Å². The average Bonchev–Trinajstić information content (AvgIpc) is 2.43. The molecular formula is C15H23N3O2. The molecule has 0 spiro atoms. The molecule has 5 nitrogen and oxygen atoms in total. The lowest BCUT2D eigenvalue weighted by Crippen LogP contribution is -2.35. The Morgan fingerprint density at radius 1 is 1.45 bits per heavy atom. The van der Waals surface area contributed by atoms with Crippen LogP contribution in [0.25, 0.3) is 0 Å². The highest BCUT2D eigenvalue weighted by molar-refractivity contribution is 5.72. The molecule has 0 saturated carbocycles. The SMILES string of the molecule is CC(=O)NCCNC(C)Cc1ccc2c(c1)NCCO2. The van der Waals surface area contributed by atoms with Crippen molar-refractivity contribution in [3.8, 4) is 5.75 Å². The van der Waals surface area contributed by atoms with Crippen LogP contribution < -0.4 is 20.7 Å². The van der Waals surface area contributed by atoms with Crippen molar-refractivity contribution in [3.05, 3.63) is 23.8 Å². The van der Waals surface area contributed by atoms with Gasteiger partial charge in [-0.25, -0.2) is 0 Å². The molecule has 1 aliphatic heterocycles. The molecule has 0 saturated heterocycles. The second kappa shape index (κ2) is 7.14. The zero-order valence-corrected chi connectivity index (χ0v) is 12.2. The van der Waals surface area contributed by atoms with Gasteiger partial charge in [0.05, 0.1) is 5.69 Å². The van der Waals surface area contributed by atoms with Gasteiger partial charge >= 0.3 is 0 Å². The molecule has 0 fully saturated rings. The Kier molecular flexibility index (Phi) is 5.24. The maximum absolute atomic E-state index is 10.8. The molecule has 20 heavy (non-hydrogen) atoms. The van der Waals surface area contributed by atoms with Crippen molar-refractivity contribution in [2.75, 3.05) is 31.6 Å². The molecule has 0 radical (unpaired) electrons. The van der Waals surface area contributed by atoms with Gasteiger partial charge in [0.25, 0.3) is 0 Å². The van der Waals surface area contributed by atoms with Gasteiger partial charge in [-0.2, -0.15) is 0 Å². The van der Waals surface area contributed by atoms with Crippen molar-refractivity contribution >= 4 is 11.6 Å². The topological polar surface area (TPSA) is 62.4 Å². The normalized spacial score (nSPS) is 14.7. The van der Waals surface area contributed by atoms with Crippen LogP contribution in [0.2, 0.25) is 0 Å². The molecule has 2 rings (SSSR count). The molecule has 1 heterocycles.